The van der Waals surface area contributed by atoms with E-state index in [4.69, 9.17) is 0 Å². The van der Waals surface area contributed by atoms with Crippen molar-refractivity contribution in [2.75, 3.05) is 5.32 Å². The molecule has 6 rings (SSSR count). The molecule has 0 aromatic heterocycles. The standard InChI is InChI=1S/C24H18.C16H19N/c1-4-10-19(11-5-1)22-16-23(20-12-6-2-7-13-20)18-24(17-22)21-14-8-3-9-15-21;1-3-13-5-9-15(10-6-13)17-16-11-7-14(4-2)8-12-16/h1-18H;5-12,17H,3-4H2,1-2H3. The molecule has 0 spiro atoms. The van der Waals surface area contributed by atoms with Crippen LogP contribution in [0.15, 0.2) is 158 Å². The fourth-order valence-corrected chi connectivity index (χ4v) is 4.83. The van der Waals surface area contributed by atoms with Crippen molar-refractivity contribution in [2.45, 2.75) is 26.7 Å². The first kappa shape index (κ1) is 27.7. The van der Waals surface area contributed by atoms with Crippen molar-refractivity contribution in [3.63, 3.8) is 0 Å². The summed E-state index contributed by atoms with van der Waals surface area (Å²) in [6.45, 7) is 4.35. The fourth-order valence-electron chi connectivity index (χ4n) is 4.83. The molecule has 0 amide bonds. The highest BCUT2D eigenvalue weighted by Crippen LogP contribution is 2.32. The Bertz CT molecular complexity index is 1430. The van der Waals surface area contributed by atoms with E-state index in [1.54, 1.807) is 0 Å². The molecule has 0 fully saturated rings. The van der Waals surface area contributed by atoms with Crippen LogP contribution < -0.4 is 5.32 Å². The van der Waals surface area contributed by atoms with Crippen LogP contribution in [0, 0.1) is 0 Å². The van der Waals surface area contributed by atoms with E-state index in [-0.39, 0.29) is 0 Å². The molecule has 0 aliphatic rings. The van der Waals surface area contributed by atoms with E-state index < -0.39 is 0 Å². The van der Waals surface area contributed by atoms with E-state index in [1.807, 2.05) is 0 Å². The van der Waals surface area contributed by atoms with E-state index >= 15 is 0 Å². The molecule has 0 aliphatic heterocycles. The topological polar surface area (TPSA) is 12.0 Å². The second-order valence-electron chi connectivity index (χ2n) is 10.1. The summed E-state index contributed by atoms with van der Waals surface area (Å²) < 4.78 is 0. The summed E-state index contributed by atoms with van der Waals surface area (Å²) in [5, 5.41) is 3.41. The second-order valence-corrected chi connectivity index (χ2v) is 10.1. The lowest BCUT2D eigenvalue weighted by Crippen LogP contribution is -1.91. The number of anilines is 2. The average Bonchev–Trinajstić information content (AvgIpc) is 3.07. The van der Waals surface area contributed by atoms with Crippen molar-refractivity contribution in [1.29, 1.82) is 0 Å². The van der Waals surface area contributed by atoms with Crippen LogP contribution in [-0.2, 0) is 12.8 Å². The zero-order valence-corrected chi connectivity index (χ0v) is 23.9. The molecular weight excluding hydrogens is 494 g/mol. The number of rotatable bonds is 7. The van der Waals surface area contributed by atoms with Gasteiger partial charge in [-0.1, -0.05) is 129 Å². The molecule has 1 N–H and O–H groups in total. The maximum atomic E-state index is 3.41. The first-order valence-electron chi connectivity index (χ1n) is 14.5. The lowest BCUT2D eigenvalue weighted by Gasteiger charge is -2.11. The maximum Gasteiger partial charge on any atom is 0.0384 e. The van der Waals surface area contributed by atoms with Gasteiger partial charge in [-0.25, -0.2) is 0 Å². The molecule has 0 saturated carbocycles. The summed E-state index contributed by atoms with van der Waals surface area (Å²) >= 11 is 0. The Kier molecular flexibility index (Phi) is 9.42. The molecular formula is C40H37N. The molecule has 0 atom stereocenters. The Morgan fingerprint density at radius 2 is 0.634 bits per heavy atom. The molecule has 0 bridgehead atoms. The van der Waals surface area contributed by atoms with Gasteiger partial charge in [-0.15, -0.1) is 0 Å². The predicted octanol–water partition coefficient (Wildman–Crippen LogP) is 11.2. The SMILES string of the molecule is CCc1ccc(Nc2ccc(CC)cc2)cc1.c1ccc(-c2cc(-c3ccccc3)cc(-c3ccccc3)c2)cc1. The highest BCUT2D eigenvalue weighted by Gasteiger charge is 2.07. The summed E-state index contributed by atoms with van der Waals surface area (Å²) in [7, 11) is 0. The van der Waals surface area contributed by atoms with Crippen LogP contribution in [-0.4, -0.2) is 0 Å². The molecule has 0 heterocycles. The lowest BCUT2D eigenvalue weighted by atomic mass is 9.93. The Morgan fingerprint density at radius 3 is 0.902 bits per heavy atom. The molecule has 0 unspecified atom stereocenters. The van der Waals surface area contributed by atoms with Crippen LogP contribution in [0.5, 0.6) is 0 Å². The molecule has 6 aromatic carbocycles. The zero-order chi connectivity index (χ0) is 28.3. The van der Waals surface area contributed by atoms with Gasteiger partial charge in [0, 0.05) is 11.4 Å². The van der Waals surface area contributed by atoms with E-state index in [9.17, 15) is 0 Å². The number of benzene rings is 6. The normalized spacial score (nSPS) is 10.4. The summed E-state index contributed by atoms with van der Waals surface area (Å²) in [6.07, 6.45) is 2.18. The highest BCUT2D eigenvalue weighted by atomic mass is 14.9. The van der Waals surface area contributed by atoms with Crippen molar-refractivity contribution in [1.82, 2.24) is 0 Å². The third-order valence-corrected chi connectivity index (χ3v) is 7.27. The predicted molar refractivity (Wildman–Crippen MR) is 178 cm³/mol. The number of aryl methyl sites for hydroxylation is 2. The van der Waals surface area contributed by atoms with Gasteiger partial charge in [0.05, 0.1) is 0 Å². The Morgan fingerprint density at radius 1 is 0.341 bits per heavy atom. The molecule has 0 saturated heterocycles. The summed E-state index contributed by atoms with van der Waals surface area (Å²) in [5.41, 5.74) is 12.5. The van der Waals surface area contributed by atoms with Gasteiger partial charge in [0.15, 0.2) is 0 Å². The van der Waals surface area contributed by atoms with Gasteiger partial charge in [-0.2, -0.15) is 0 Å². The maximum absolute atomic E-state index is 3.41. The lowest BCUT2D eigenvalue weighted by molar-refractivity contribution is 1.14. The van der Waals surface area contributed by atoms with Crippen molar-refractivity contribution >= 4 is 11.4 Å². The first-order valence-corrected chi connectivity index (χ1v) is 14.5. The van der Waals surface area contributed by atoms with Gasteiger partial charge in [-0.3, -0.25) is 0 Å². The monoisotopic (exact) mass is 531 g/mol. The smallest absolute Gasteiger partial charge is 0.0384 e. The Hall–Kier alpha value is -4.88. The number of hydrogen-bond acceptors (Lipinski definition) is 1. The van der Waals surface area contributed by atoms with Crippen molar-refractivity contribution in [3.8, 4) is 33.4 Å². The summed E-state index contributed by atoms with van der Waals surface area (Å²) in [5.74, 6) is 0. The average molecular weight is 532 g/mol. The second kappa shape index (κ2) is 14.0. The third-order valence-electron chi connectivity index (χ3n) is 7.27. The van der Waals surface area contributed by atoms with Crippen LogP contribution in [0.1, 0.15) is 25.0 Å². The quantitative estimate of drug-likeness (QED) is 0.216. The Balaban J connectivity index is 0.000000175. The van der Waals surface area contributed by atoms with Crippen LogP contribution in [0.3, 0.4) is 0 Å². The highest BCUT2D eigenvalue weighted by molar-refractivity contribution is 5.81. The van der Waals surface area contributed by atoms with Crippen molar-refractivity contribution < 1.29 is 0 Å². The minimum Gasteiger partial charge on any atom is -0.356 e. The molecule has 1 heteroatoms. The van der Waals surface area contributed by atoms with E-state index in [0.29, 0.717) is 0 Å². The van der Waals surface area contributed by atoms with Crippen LogP contribution in [0.4, 0.5) is 11.4 Å². The molecule has 6 aromatic rings. The molecule has 1 nitrogen and oxygen atoms in total. The minimum atomic E-state index is 1.09. The van der Waals surface area contributed by atoms with Gasteiger partial charge in [0.1, 0.15) is 0 Å². The van der Waals surface area contributed by atoms with Crippen LogP contribution >= 0.6 is 0 Å². The van der Waals surface area contributed by atoms with Gasteiger partial charge in [-0.05, 0) is 99.8 Å². The zero-order valence-electron chi connectivity index (χ0n) is 23.9. The number of nitrogens with one attached hydrogen (secondary N) is 1. The minimum absolute atomic E-state index is 1.09. The van der Waals surface area contributed by atoms with Gasteiger partial charge in [0.2, 0.25) is 0 Å². The van der Waals surface area contributed by atoms with Gasteiger partial charge < -0.3 is 5.32 Å². The van der Waals surface area contributed by atoms with Crippen molar-refractivity contribution in [2.24, 2.45) is 0 Å². The number of hydrogen-bond donors (Lipinski definition) is 1. The fraction of sp³-hybridized carbons (Fsp3) is 0.100. The molecule has 202 valence electrons. The third kappa shape index (κ3) is 7.62. The van der Waals surface area contributed by atoms with E-state index in [2.05, 4.69) is 177 Å². The summed E-state index contributed by atoms with van der Waals surface area (Å²) in [6, 6.07) is 55.7. The summed E-state index contributed by atoms with van der Waals surface area (Å²) in [4.78, 5) is 0. The van der Waals surface area contributed by atoms with Crippen LogP contribution in [0.25, 0.3) is 33.4 Å². The molecule has 41 heavy (non-hydrogen) atoms. The van der Waals surface area contributed by atoms with Gasteiger partial charge >= 0.3 is 0 Å². The van der Waals surface area contributed by atoms with Crippen molar-refractivity contribution in [3.05, 3.63) is 169 Å². The molecule has 0 radical (unpaired) electrons. The first-order chi connectivity index (χ1) is 20.2. The van der Waals surface area contributed by atoms with Crippen LogP contribution in [0.2, 0.25) is 0 Å². The Labute approximate surface area is 245 Å². The largest absolute Gasteiger partial charge is 0.356 e. The van der Waals surface area contributed by atoms with E-state index in [1.165, 1.54) is 44.5 Å². The molecule has 0 aliphatic carbocycles. The van der Waals surface area contributed by atoms with E-state index in [0.717, 1.165) is 24.2 Å². The van der Waals surface area contributed by atoms with Gasteiger partial charge in [0.25, 0.3) is 0 Å².